The number of likely N-dealkylation sites (N-methyl/N-ethyl adjacent to an activating group) is 1. The molecular formula is C15H24N2O2. The molecule has 106 valence electrons. The zero-order valence-electron chi connectivity index (χ0n) is 12.1. The smallest absolute Gasteiger partial charge is 0.236 e. The third-order valence-corrected chi connectivity index (χ3v) is 3.12. The van der Waals surface area contributed by atoms with Gasteiger partial charge in [0.2, 0.25) is 5.91 Å². The van der Waals surface area contributed by atoms with Crippen molar-refractivity contribution in [2.75, 3.05) is 33.4 Å². The Bertz CT molecular complexity index is 393. The van der Waals surface area contributed by atoms with E-state index in [9.17, 15) is 4.79 Å². The average Bonchev–Trinajstić information content (AvgIpc) is 2.42. The second-order valence-electron chi connectivity index (χ2n) is 4.50. The van der Waals surface area contributed by atoms with Crippen molar-refractivity contribution in [3.8, 4) is 0 Å². The molecule has 1 aromatic carbocycles. The zero-order chi connectivity index (χ0) is 14.1. The van der Waals surface area contributed by atoms with Crippen LogP contribution in [-0.2, 0) is 16.1 Å². The first-order valence-corrected chi connectivity index (χ1v) is 6.71. The molecule has 0 radical (unpaired) electrons. The van der Waals surface area contributed by atoms with Gasteiger partial charge in [-0.25, -0.2) is 0 Å². The van der Waals surface area contributed by atoms with Gasteiger partial charge in [0.25, 0.3) is 0 Å². The molecule has 19 heavy (non-hydrogen) atoms. The number of carbonyl (C=O) groups excluding carboxylic acids is 1. The van der Waals surface area contributed by atoms with Crippen molar-refractivity contribution in [3.05, 3.63) is 35.4 Å². The predicted molar refractivity (Wildman–Crippen MR) is 77.0 cm³/mol. The second kappa shape index (κ2) is 8.67. The van der Waals surface area contributed by atoms with Crippen molar-refractivity contribution in [1.29, 1.82) is 0 Å². The van der Waals surface area contributed by atoms with E-state index in [1.165, 1.54) is 11.1 Å². The molecule has 0 atom stereocenters. The molecule has 0 spiro atoms. The van der Waals surface area contributed by atoms with Gasteiger partial charge in [-0.15, -0.1) is 0 Å². The molecule has 4 nitrogen and oxygen atoms in total. The van der Waals surface area contributed by atoms with E-state index in [0.29, 0.717) is 26.2 Å². The van der Waals surface area contributed by atoms with Crippen molar-refractivity contribution in [2.24, 2.45) is 0 Å². The summed E-state index contributed by atoms with van der Waals surface area (Å²) in [4.78, 5) is 13.9. The molecule has 0 aliphatic carbocycles. The highest BCUT2D eigenvalue weighted by atomic mass is 16.5. The van der Waals surface area contributed by atoms with Crippen LogP contribution in [-0.4, -0.2) is 44.2 Å². The number of hydrogen-bond acceptors (Lipinski definition) is 3. The largest absolute Gasteiger partial charge is 0.383 e. The van der Waals surface area contributed by atoms with E-state index >= 15 is 0 Å². The summed E-state index contributed by atoms with van der Waals surface area (Å²) in [7, 11) is 1.65. The fourth-order valence-electron chi connectivity index (χ4n) is 1.85. The molecule has 0 heterocycles. The zero-order valence-corrected chi connectivity index (χ0v) is 12.1. The Balaban J connectivity index is 2.48. The Morgan fingerprint density at radius 3 is 2.74 bits per heavy atom. The summed E-state index contributed by atoms with van der Waals surface area (Å²) in [5.74, 6) is 0.127. The standard InChI is InChI=1S/C15H24N2O2/c1-4-17(15(18)11-16-9-10-19-3)12-14-8-6-5-7-13(14)2/h5-8,16H,4,9-12H2,1-3H3. The number of amides is 1. The van der Waals surface area contributed by atoms with Crippen molar-refractivity contribution < 1.29 is 9.53 Å². The highest BCUT2D eigenvalue weighted by Gasteiger charge is 2.12. The molecular weight excluding hydrogens is 240 g/mol. The normalized spacial score (nSPS) is 10.5. The molecule has 0 saturated carbocycles. The third-order valence-electron chi connectivity index (χ3n) is 3.12. The van der Waals surface area contributed by atoms with Crippen LogP contribution in [0.2, 0.25) is 0 Å². The Kier molecular flexibility index (Phi) is 7.15. The van der Waals surface area contributed by atoms with E-state index in [1.54, 1.807) is 7.11 Å². The van der Waals surface area contributed by atoms with Gasteiger partial charge in [-0.3, -0.25) is 4.79 Å². The Morgan fingerprint density at radius 1 is 1.37 bits per heavy atom. The van der Waals surface area contributed by atoms with Crippen LogP contribution in [0.5, 0.6) is 0 Å². The highest BCUT2D eigenvalue weighted by Crippen LogP contribution is 2.10. The van der Waals surface area contributed by atoms with Gasteiger partial charge in [-0.1, -0.05) is 24.3 Å². The molecule has 0 fully saturated rings. The van der Waals surface area contributed by atoms with Gasteiger partial charge >= 0.3 is 0 Å². The predicted octanol–water partition coefficient (Wildman–Crippen LogP) is 1.58. The number of nitrogens with one attached hydrogen (secondary N) is 1. The summed E-state index contributed by atoms with van der Waals surface area (Å²) in [6, 6.07) is 8.18. The lowest BCUT2D eigenvalue weighted by Gasteiger charge is -2.22. The van der Waals surface area contributed by atoms with Gasteiger partial charge in [0.05, 0.1) is 13.2 Å². The third kappa shape index (κ3) is 5.41. The maximum Gasteiger partial charge on any atom is 0.236 e. The van der Waals surface area contributed by atoms with Crippen molar-refractivity contribution in [1.82, 2.24) is 10.2 Å². The summed E-state index contributed by atoms with van der Waals surface area (Å²) < 4.78 is 4.93. The molecule has 0 aliphatic rings. The summed E-state index contributed by atoms with van der Waals surface area (Å²) in [6.45, 7) is 7.16. The van der Waals surface area contributed by atoms with Crippen LogP contribution in [0.3, 0.4) is 0 Å². The van der Waals surface area contributed by atoms with Crippen LogP contribution in [0, 0.1) is 6.92 Å². The number of benzene rings is 1. The van der Waals surface area contributed by atoms with Crippen LogP contribution < -0.4 is 5.32 Å². The number of rotatable bonds is 8. The monoisotopic (exact) mass is 264 g/mol. The maximum absolute atomic E-state index is 12.1. The molecule has 0 aromatic heterocycles. The van der Waals surface area contributed by atoms with Gasteiger partial charge in [-0.2, -0.15) is 0 Å². The van der Waals surface area contributed by atoms with Crippen LogP contribution >= 0.6 is 0 Å². The van der Waals surface area contributed by atoms with E-state index in [-0.39, 0.29) is 5.91 Å². The topological polar surface area (TPSA) is 41.6 Å². The number of ether oxygens (including phenoxy) is 1. The second-order valence-corrected chi connectivity index (χ2v) is 4.50. The minimum absolute atomic E-state index is 0.127. The quantitative estimate of drug-likeness (QED) is 0.725. The molecule has 1 rings (SSSR count). The molecule has 1 amide bonds. The van der Waals surface area contributed by atoms with Crippen molar-refractivity contribution in [2.45, 2.75) is 20.4 Å². The first-order chi connectivity index (χ1) is 9.19. The van der Waals surface area contributed by atoms with Crippen LogP contribution in [0.4, 0.5) is 0 Å². The minimum Gasteiger partial charge on any atom is -0.383 e. The number of methoxy groups -OCH3 is 1. The number of hydrogen-bond donors (Lipinski definition) is 1. The van der Waals surface area contributed by atoms with Crippen molar-refractivity contribution in [3.63, 3.8) is 0 Å². The highest BCUT2D eigenvalue weighted by molar-refractivity contribution is 5.78. The van der Waals surface area contributed by atoms with Gasteiger partial charge in [0.1, 0.15) is 0 Å². The van der Waals surface area contributed by atoms with Crippen LogP contribution in [0.1, 0.15) is 18.1 Å². The van der Waals surface area contributed by atoms with E-state index in [2.05, 4.69) is 24.4 Å². The lowest BCUT2D eigenvalue weighted by molar-refractivity contribution is -0.130. The van der Waals surface area contributed by atoms with Crippen molar-refractivity contribution >= 4 is 5.91 Å². The SMILES string of the molecule is CCN(Cc1ccccc1C)C(=O)CNCCOC. The van der Waals surface area contributed by atoms with E-state index in [0.717, 1.165) is 6.54 Å². The Hall–Kier alpha value is -1.39. The summed E-state index contributed by atoms with van der Waals surface area (Å²) in [5, 5.41) is 3.09. The summed E-state index contributed by atoms with van der Waals surface area (Å²) in [6.07, 6.45) is 0. The maximum atomic E-state index is 12.1. The van der Waals surface area contributed by atoms with E-state index < -0.39 is 0 Å². The molecule has 4 heteroatoms. The van der Waals surface area contributed by atoms with Crippen LogP contribution in [0.15, 0.2) is 24.3 Å². The van der Waals surface area contributed by atoms with E-state index in [1.807, 2.05) is 24.0 Å². The van der Waals surface area contributed by atoms with Gasteiger partial charge in [-0.05, 0) is 25.0 Å². The average molecular weight is 264 g/mol. The number of carbonyl (C=O) groups is 1. The van der Waals surface area contributed by atoms with Gasteiger partial charge in [0.15, 0.2) is 0 Å². The first-order valence-electron chi connectivity index (χ1n) is 6.71. The fourth-order valence-corrected chi connectivity index (χ4v) is 1.85. The summed E-state index contributed by atoms with van der Waals surface area (Å²) in [5.41, 5.74) is 2.43. The van der Waals surface area contributed by atoms with E-state index in [4.69, 9.17) is 4.74 Å². The first kappa shape index (κ1) is 15.7. The Labute approximate surface area is 115 Å². The number of aryl methyl sites for hydroxylation is 1. The molecule has 1 aromatic rings. The minimum atomic E-state index is 0.127. The fraction of sp³-hybridized carbons (Fsp3) is 0.533. The molecule has 0 aliphatic heterocycles. The summed E-state index contributed by atoms with van der Waals surface area (Å²) >= 11 is 0. The molecule has 0 bridgehead atoms. The molecule has 1 N–H and O–H groups in total. The van der Waals surface area contributed by atoms with Gasteiger partial charge in [0, 0.05) is 26.7 Å². The lowest BCUT2D eigenvalue weighted by Crippen LogP contribution is -2.38. The van der Waals surface area contributed by atoms with Crippen LogP contribution in [0.25, 0.3) is 0 Å². The number of nitrogens with zero attached hydrogens (tertiary/aromatic N) is 1. The Morgan fingerprint density at radius 2 is 2.11 bits per heavy atom. The molecule has 0 saturated heterocycles. The lowest BCUT2D eigenvalue weighted by atomic mass is 10.1. The molecule has 0 unspecified atom stereocenters. The van der Waals surface area contributed by atoms with Gasteiger partial charge < -0.3 is 15.0 Å².